The maximum absolute atomic E-state index is 11.8. The number of carbonyl (C=O) groups is 1. The molecule has 3 heteroatoms. The summed E-state index contributed by atoms with van der Waals surface area (Å²) in [6, 6.07) is 10.1. The van der Waals surface area contributed by atoms with Gasteiger partial charge in [-0.05, 0) is 25.3 Å². The molecule has 0 amide bonds. The average Bonchev–Trinajstić information content (AvgIpc) is 2.42. The zero-order valence-corrected chi connectivity index (χ0v) is 12.0. The van der Waals surface area contributed by atoms with Crippen LogP contribution < -0.4 is 5.73 Å². The van der Waals surface area contributed by atoms with Crippen molar-refractivity contribution in [3.05, 3.63) is 35.9 Å². The summed E-state index contributed by atoms with van der Waals surface area (Å²) < 4.78 is 4.90. The Kier molecular flexibility index (Phi) is 7.19. The molecule has 2 unspecified atom stereocenters. The van der Waals surface area contributed by atoms with E-state index < -0.39 is 0 Å². The molecule has 0 aliphatic carbocycles. The van der Waals surface area contributed by atoms with Crippen LogP contribution in [0.25, 0.3) is 0 Å². The van der Waals surface area contributed by atoms with Crippen LogP contribution in [-0.4, -0.2) is 19.1 Å². The molecule has 0 radical (unpaired) electrons. The van der Waals surface area contributed by atoms with Gasteiger partial charge in [-0.2, -0.15) is 0 Å². The second-order valence-electron chi connectivity index (χ2n) is 5.10. The molecule has 2 atom stereocenters. The van der Waals surface area contributed by atoms with Gasteiger partial charge in [0.2, 0.25) is 0 Å². The molecule has 1 aromatic carbocycles. The fraction of sp³-hybridized carbons (Fsp3) is 0.562. The van der Waals surface area contributed by atoms with Crippen molar-refractivity contribution in [3.8, 4) is 0 Å². The van der Waals surface area contributed by atoms with Crippen LogP contribution in [0.4, 0.5) is 0 Å². The lowest BCUT2D eigenvalue weighted by Crippen LogP contribution is -2.15. The van der Waals surface area contributed by atoms with Crippen LogP contribution >= 0.6 is 0 Å². The number of methoxy groups -OCH3 is 1. The Morgan fingerprint density at radius 3 is 2.37 bits per heavy atom. The molecule has 0 aliphatic rings. The van der Waals surface area contributed by atoms with Gasteiger partial charge in [-0.15, -0.1) is 0 Å². The third-order valence-corrected chi connectivity index (χ3v) is 3.34. The van der Waals surface area contributed by atoms with Crippen LogP contribution in [0.3, 0.4) is 0 Å². The summed E-state index contributed by atoms with van der Waals surface area (Å²) in [5.74, 6) is -0.278. The third kappa shape index (κ3) is 5.88. The second-order valence-corrected chi connectivity index (χ2v) is 5.10. The first-order valence-corrected chi connectivity index (χ1v) is 7.03. The van der Waals surface area contributed by atoms with Crippen molar-refractivity contribution >= 4 is 5.97 Å². The van der Waals surface area contributed by atoms with Crippen LogP contribution in [0.1, 0.15) is 50.5 Å². The first-order valence-electron chi connectivity index (χ1n) is 7.03. The lowest BCUT2D eigenvalue weighted by atomic mass is 9.93. The largest absolute Gasteiger partial charge is 0.469 e. The number of nitrogens with two attached hydrogens (primary N) is 1. The molecule has 0 spiro atoms. The monoisotopic (exact) mass is 263 g/mol. The van der Waals surface area contributed by atoms with Gasteiger partial charge in [-0.25, -0.2) is 0 Å². The van der Waals surface area contributed by atoms with E-state index >= 15 is 0 Å². The topological polar surface area (TPSA) is 52.3 Å². The highest BCUT2D eigenvalue weighted by Crippen LogP contribution is 2.24. The van der Waals surface area contributed by atoms with E-state index in [1.807, 2.05) is 37.3 Å². The van der Waals surface area contributed by atoms with E-state index in [9.17, 15) is 4.79 Å². The van der Waals surface area contributed by atoms with Gasteiger partial charge >= 0.3 is 5.97 Å². The zero-order valence-electron chi connectivity index (χ0n) is 12.0. The molecule has 0 aliphatic heterocycles. The molecule has 0 bridgehead atoms. The highest BCUT2D eigenvalue weighted by molar-refractivity contribution is 5.77. The average molecular weight is 263 g/mol. The van der Waals surface area contributed by atoms with E-state index in [0.29, 0.717) is 0 Å². The van der Waals surface area contributed by atoms with Crippen molar-refractivity contribution < 1.29 is 9.53 Å². The maximum atomic E-state index is 11.8. The van der Waals surface area contributed by atoms with Gasteiger partial charge in [0.25, 0.3) is 0 Å². The van der Waals surface area contributed by atoms with Crippen LogP contribution in [0, 0.1) is 0 Å². The first kappa shape index (κ1) is 15.7. The van der Waals surface area contributed by atoms with Gasteiger partial charge in [0.1, 0.15) is 0 Å². The Balaban J connectivity index is 2.46. The van der Waals surface area contributed by atoms with Crippen molar-refractivity contribution in [2.24, 2.45) is 5.73 Å². The Morgan fingerprint density at radius 2 is 1.79 bits per heavy atom. The van der Waals surface area contributed by atoms with Crippen LogP contribution in [0.5, 0.6) is 0 Å². The second kappa shape index (κ2) is 8.70. The molecule has 3 nitrogen and oxygen atoms in total. The number of rotatable bonds is 8. The maximum Gasteiger partial charge on any atom is 0.313 e. The lowest BCUT2D eigenvalue weighted by Gasteiger charge is -2.15. The molecule has 0 saturated carbocycles. The molecule has 1 aromatic rings. The molecule has 106 valence electrons. The van der Waals surface area contributed by atoms with E-state index in [1.165, 1.54) is 7.11 Å². The van der Waals surface area contributed by atoms with E-state index in [0.717, 1.165) is 37.7 Å². The normalized spacial score (nSPS) is 13.8. The smallest absolute Gasteiger partial charge is 0.313 e. The molecule has 19 heavy (non-hydrogen) atoms. The summed E-state index contributed by atoms with van der Waals surface area (Å²) in [6.07, 6.45) is 5.16. The van der Waals surface area contributed by atoms with E-state index in [4.69, 9.17) is 10.5 Å². The minimum absolute atomic E-state index is 0.138. The zero-order chi connectivity index (χ0) is 14.1. The van der Waals surface area contributed by atoms with Crippen molar-refractivity contribution in [2.75, 3.05) is 7.11 Å². The Morgan fingerprint density at radius 1 is 1.16 bits per heavy atom. The molecule has 0 fully saturated rings. The van der Waals surface area contributed by atoms with Crippen molar-refractivity contribution in [3.63, 3.8) is 0 Å². The van der Waals surface area contributed by atoms with E-state index in [-0.39, 0.29) is 17.9 Å². The number of benzene rings is 1. The molecule has 0 heterocycles. The SMILES string of the molecule is COC(=O)C(CCCCCC(C)N)c1ccccc1. The minimum Gasteiger partial charge on any atom is -0.469 e. The molecule has 1 rings (SSSR count). The van der Waals surface area contributed by atoms with Crippen LogP contribution in [0.15, 0.2) is 30.3 Å². The predicted molar refractivity (Wildman–Crippen MR) is 77.9 cm³/mol. The van der Waals surface area contributed by atoms with Crippen molar-refractivity contribution in [2.45, 2.75) is 51.0 Å². The van der Waals surface area contributed by atoms with E-state index in [1.54, 1.807) is 0 Å². The fourth-order valence-corrected chi connectivity index (χ4v) is 2.24. The summed E-state index contributed by atoms with van der Waals surface area (Å²) in [5.41, 5.74) is 6.76. The Labute approximate surface area is 116 Å². The van der Waals surface area contributed by atoms with Crippen molar-refractivity contribution in [1.29, 1.82) is 0 Å². The number of unbranched alkanes of at least 4 members (excludes halogenated alkanes) is 2. The van der Waals surface area contributed by atoms with Gasteiger partial charge in [0, 0.05) is 6.04 Å². The standard InChI is InChI=1S/C16H25NO2/c1-13(17)9-5-3-8-12-15(16(18)19-2)14-10-6-4-7-11-14/h4,6-7,10-11,13,15H,3,5,8-9,12,17H2,1-2H3. The molecular formula is C16H25NO2. The number of ether oxygens (including phenoxy) is 1. The summed E-state index contributed by atoms with van der Waals surface area (Å²) in [6.45, 7) is 2.03. The van der Waals surface area contributed by atoms with Gasteiger partial charge in [-0.3, -0.25) is 4.79 Å². The highest BCUT2D eigenvalue weighted by atomic mass is 16.5. The van der Waals surface area contributed by atoms with Crippen LogP contribution in [0.2, 0.25) is 0 Å². The van der Waals surface area contributed by atoms with Gasteiger partial charge < -0.3 is 10.5 Å². The summed E-state index contributed by atoms with van der Waals surface area (Å²) in [7, 11) is 1.45. The van der Waals surface area contributed by atoms with Crippen molar-refractivity contribution in [1.82, 2.24) is 0 Å². The van der Waals surface area contributed by atoms with E-state index in [2.05, 4.69) is 0 Å². The molecule has 2 N–H and O–H groups in total. The summed E-state index contributed by atoms with van der Waals surface area (Å²) >= 11 is 0. The molecular weight excluding hydrogens is 238 g/mol. The van der Waals surface area contributed by atoms with Crippen LogP contribution in [-0.2, 0) is 9.53 Å². The number of carbonyl (C=O) groups excluding carboxylic acids is 1. The quantitative estimate of drug-likeness (QED) is 0.578. The van der Waals surface area contributed by atoms with Gasteiger partial charge in [-0.1, -0.05) is 49.6 Å². The first-order chi connectivity index (χ1) is 9.15. The highest BCUT2D eigenvalue weighted by Gasteiger charge is 2.20. The minimum atomic E-state index is -0.140. The summed E-state index contributed by atoms with van der Waals surface area (Å²) in [4.78, 5) is 11.8. The Bertz CT molecular complexity index is 362. The number of esters is 1. The summed E-state index contributed by atoms with van der Waals surface area (Å²) in [5, 5.41) is 0. The number of hydrogen-bond acceptors (Lipinski definition) is 3. The predicted octanol–water partition coefficient (Wildman–Crippen LogP) is 3.24. The Hall–Kier alpha value is -1.35. The molecule has 0 saturated heterocycles. The lowest BCUT2D eigenvalue weighted by molar-refractivity contribution is -0.142. The molecule has 0 aromatic heterocycles. The third-order valence-electron chi connectivity index (χ3n) is 3.34. The van der Waals surface area contributed by atoms with Gasteiger partial charge in [0.15, 0.2) is 0 Å². The fourth-order valence-electron chi connectivity index (χ4n) is 2.24. The van der Waals surface area contributed by atoms with Gasteiger partial charge in [0.05, 0.1) is 13.0 Å². The number of hydrogen-bond donors (Lipinski definition) is 1.